The third-order valence-electron chi connectivity index (χ3n) is 10.8. The average molecular weight is 709 g/mol. The van der Waals surface area contributed by atoms with E-state index in [-0.39, 0.29) is 37.2 Å². The number of ketones is 3. The third kappa shape index (κ3) is 9.51. The van der Waals surface area contributed by atoms with E-state index >= 15 is 0 Å². The fourth-order valence-electron chi connectivity index (χ4n) is 8.27. The third-order valence-corrected chi connectivity index (χ3v) is 10.8. The Morgan fingerprint density at radius 3 is 2.22 bits per heavy atom. The fraction of sp³-hybridized carbons (Fsp3) is 0.838. The van der Waals surface area contributed by atoms with Gasteiger partial charge in [-0.05, 0) is 73.9 Å². The van der Waals surface area contributed by atoms with Gasteiger partial charge < -0.3 is 38.5 Å². The first-order valence-corrected chi connectivity index (χ1v) is 17.9. The first-order valence-electron chi connectivity index (χ1n) is 17.9. The van der Waals surface area contributed by atoms with Crippen molar-refractivity contribution in [2.75, 3.05) is 27.3 Å². The zero-order chi connectivity index (χ0) is 37.9. The minimum absolute atomic E-state index is 0.0493. The molecule has 0 radical (unpaired) electrons. The van der Waals surface area contributed by atoms with Crippen molar-refractivity contribution < 1.29 is 52.8 Å². The summed E-state index contributed by atoms with van der Waals surface area (Å²) >= 11 is 0. The highest BCUT2D eigenvalue weighted by molar-refractivity contribution is 6.00. The minimum atomic E-state index is -1.85. The summed E-state index contributed by atoms with van der Waals surface area (Å²) in [6.07, 6.45) is -3.47. The molecule has 3 rings (SSSR count). The molecule has 0 aromatic rings. The molecule has 50 heavy (non-hydrogen) atoms. The van der Waals surface area contributed by atoms with Crippen LogP contribution in [0.5, 0.6) is 0 Å². The molecule has 284 valence electrons. The molecular formula is C37H60N2O11. The molecule has 1 amide bonds. The Morgan fingerprint density at radius 2 is 1.66 bits per heavy atom. The van der Waals surface area contributed by atoms with Gasteiger partial charge in [-0.2, -0.15) is 0 Å². The van der Waals surface area contributed by atoms with Crippen LogP contribution in [0.1, 0.15) is 94.9 Å². The maximum Gasteiger partial charge on any atom is 0.316 e. The Labute approximate surface area is 297 Å². The molecule has 3 fully saturated rings. The smallest absolute Gasteiger partial charge is 0.316 e. The summed E-state index contributed by atoms with van der Waals surface area (Å²) < 4.78 is 31.8. The van der Waals surface area contributed by atoms with E-state index in [1.807, 2.05) is 32.8 Å². The number of carbonyl (C=O) groups excluding carboxylic acids is 5. The predicted octanol–water partition coefficient (Wildman–Crippen LogP) is 3.35. The Kier molecular flexibility index (Phi) is 14.2. The largest absolute Gasteiger partial charge is 0.459 e. The van der Waals surface area contributed by atoms with Crippen molar-refractivity contribution in [3.8, 4) is 0 Å². The normalized spacial score (nSPS) is 42.0. The van der Waals surface area contributed by atoms with Gasteiger partial charge in [0.25, 0.3) is 0 Å². The number of aliphatic imine (C=N–C) groups is 1. The van der Waals surface area contributed by atoms with Gasteiger partial charge in [0.1, 0.15) is 36.6 Å². The predicted molar refractivity (Wildman–Crippen MR) is 184 cm³/mol. The van der Waals surface area contributed by atoms with Gasteiger partial charge >= 0.3 is 5.97 Å². The molecule has 0 spiro atoms. The first kappa shape index (κ1) is 42.0. The molecule has 0 aliphatic carbocycles. The van der Waals surface area contributed by atoms with Crippen LogP contribution in [0, 0.1) is 29.6 Å². The van der Waals surface area contributed by atoms with Crippen LogP contribution in [0.15, 0.2) is 4.99 Å². The second-order valence-electron chi connectivity index (χ2n) is 15.5. The highest BCUT2D eigenvalue weighted by Gasteiger charge is 2.53. The van der Waals surface area contributed by atoms with Crippen molar-refractivity contribution in [1.29, 1.82) is 0 Å². The van der Waals surface area contributed by atoms with Gasteiger partial charge in [0.15, 0.2) is 17.9 Å². The van der Waals surface area contributed by atoms with Crippen LogP contribution >= 0.6 is 0 Å². The molecule has 3 aliphatic heterocycles. The SMILES string of the molecule is CC[C@H]1OC(=O)[C@H](C)C(=O)[C@H](C)[C@@H](O[C@@H]2O[C@H](C)C[C@H](N(C)C)[C@H]2CC(C)=O)[C@@]2(C)C[C@@H](C)C(=NC(C)=O)[C@H](C)[C@@H](OCC(=O)CO2)[C@]1(C)O. The molecule has 3 saturated heterocycles. The number of fused-ring (bicyclic) bond motifs is 5. The van der Waals surface area contributed by atoms with Gasteiger partial charge in [-0.25, -0.2) is 4.99 Å². The molecule has 0 unspecified atom stereocenters. The number of carbonyl (C=O) groups is 5. The van der Waals surface area contributed by atoms with Crippen LogP contribution in [0.2, 0.25) is 0 Å². The Hall–Kier alpha value is -2.42. The van der Waals surface area contributed by atoms with Crippen LogP contribution in [0.25, 0.3) is 0 Å². The van der Waals surface area contributed by atoms with Gasteiger partial charge in [-0.3, -0.25) is 19.2 Å². The van der Waals surface area contributed by atoms with E-state index in [2.05, 4.69) is 4.99 Å². The number of esters is 1. The van der Waals surface area contributed by atoms with Crippen molar-refractivity contribution in [2.24, 2.45) is 34.6 Å². The first-order chi connectivity index (χ1) is 23.1. The van der Waals surface area contributed by atoms with Gasteiger partial charge in [0.2, 0.25) is 5.91 Å². The summed E-state index contributed by atoms with van der Waals surface area (Å²) in [6.45, 7) is 15.6. The van der Waals surface area contributed by atoms with Gasteiger partial charge in [-0.15, -0.1) is 0 Å². The summed E-state index contributed by atoms with van der Waals surface area (Å²) in [5.74, 6) is -6.19. The second kappa shape index (κ2) is 16.9. The summed E-state index contributed by atoms with van der Waals surface area (Å²) in [5.41, 5.74) is -2.86. The van der Waals surface area contributed by atoms with Gasteiger partial charge in [0, 0.05) is 42.9 Å². The fourth-order valence-corrected chi connectivity index (χ4v) is 8.27. The number of Topliss-reactive ketones (excluding diaryl/α,β-unsaturated/α-hetero) is 3. The highest BCUT2D eigenvalue weighted by atomic mass is 16.7. The summed E-state index contributed by atoms with van der Waals surface area (Å²) in [4.78, 5) is 73.0. The van der Waals surface area contributed by atoms with E-state index in [0.29, 0.717) is 12.1 Å². The number of nitrogens with zero attached hydrogens (tertiary/aromatic N) is 2. The minimum Gasteiger partial charge on any atom is -0.459 e. The monoisotopic (exact) mass is 708 g/mol. The van der Waals surface area contributed by atoms with E-state index in [1.165, 1.54) is 27.7 Å². The topological polar surface area (TPSA) is 167 Å². The molecule has 13 nitrogen and oxygen atoms in total. The van der Waals surface area contributed by atoms with E-state index in [9.17, 15) is 29.1 Å². The van der Waals surface area contributed by atoms with Crippen molar-refractivity contribution in [3.05, 3.63) is 0 Å². The van der Waals surface area contributed by atoms with Gasteiger partial charge in [0.05, 0.1) is 23.9 Å². The van der Waals surface area contributed by atoms with Crippen molar-refractivity contribution in [2.45, 2.75) is 143 Å². The van der Waals surface area contributed by atoms with Crippen LogP contribution in [-0.4, -0.2) is 120 Å². The van der Waals surface area contributed by atoms with Gasteiger partial charge in [-0.1, -0.05) is 27.7 Å². The molecule has 0 aromatic carbocycles. The van der Waals surface area contributed by atoms with E-state index in [4.69, 9.17) is 23.7 Å². The Balaban J connectivity index is 2.32. The molecule has 2 bridgehead atoms. The van der Waals surface area contributed by atoms with Crippen LogP contribution < -0.4 is 0 Å². The molecular weight excluding hydrogens is 648 g/mol. The van der Waals surface area contributed by atoms with Crippen molar-refractivity contribution in [1.82, 2.24) is 4.90 Å². The lowest BCUT2D eigenvalue weighted by molar-refractivity contribution is -0.285. The van der Waals surface area contributed by atoms with E-state index in [0.717, 1.165) is 0 Å². The summed E-state index contributed by atoms with van der Waals surface area (Å²) in [7, 11) is 3.87. The Morgan fingerprint density at radius 1 is 1.02 bits per heavy atom. The number of cyclic esters (lactones) is 1. The summed E-state index contributed by atoms with van der Waals surface area (Å²) in [5, 5.41) is 12.0. The molecule has 1 N–H and O–H groups in total. The average Bonchev–Trinajstić information content (AvgIpc) is 3.03. The molecule has 3 heterocycles. The zero-order valence-corrected chi connectivity index (χ0v) is 32.0. The number of hydrogen-bond donors (Lipinski definition) is 1. The second-order valence-corrected chi connectivity index (χ2v) is 15.5. The molecule has 13 heteroatoms. The lowest BCUT2D eigenvalue weighted by Gasteiger charge is -2.48. The quantitative estimate of drug-likeness (QED) is 0.316. The van der Waals surface area contributed by atoms with Crippen LogP contribution in [-0.2, 0) is 47.7 Å². The molecule has 0 saturated carbocycles. The number of amides is 1. The maximum absolute atomic E-state index is 14.3. The van der Waals surface area contributed by atoms with Crippen molar-refractivity contribution in [3.63, 3.8) is 0 Å². The van der Waals surface area contributed by atoms with E-state index < -0.39 is 102 Å². The number of hydrogen-bond acceptors (Lipinski definition) is 12. The Bertz CT molecular complexity index is 1300. The molecule has 0 aromatic heterocycles. The highest BCUT2D eigenvalue weighted by Crippen LogP contribution is 2.41. The summed E-state index contributed by atoms with van der Waals surface area (Å²) in [6, 6.07) is -0.0872. The number of rotatable bonds is 6. The lowest BCUT2D eigenvalue weighted by Crippen LogP contribution is -2.59. The number of aliphatic hydroxyl groups is 1. The van der Waals surface area contributed by atoms with Crippen molar-refractivity contribution >= 4 is 34.9 Å². The van der Waals surface area contributed by atoms with Crippen LogP contribution in [0.3, 0.4) is 0 Å². The number of ether oxygens (including phenoxy) is 5. The van der Waals surface area contributed by atoms with E-state index in [1.54, 1.807) is 27.7 Å². The zero-order valence-electron chi connectivity index (χ0n) is 32.0. The molecule has 3 aliphatic rings. The lowest BCUT2D eigenvalue weighted by atomic mass is 9.73. The standard InChI is InChI=1S/C37H60N2O11/c1-13-29-37(10,45)33-22(5)30(38-25(8)41)19(2)16-36(9,47-18-26(42)17-46-33)32(23(6)31(43)24(7)34(44)49-29)50-35-27(14-20(3)40)28(39(11)12)15-21(4)48-35/h19,21-24,27-29,32-33,35,45H,13-18H2,1-12H3/t19-,21-,22+,23+,24-,27-,28+,29-,32-,33-,35+,36-,37-/m1/s1. The molecule has 13 atom stereocenters. The van der Waals surface area contributed by atoms with Crippen LogP contribution in [0.4, 0.5) is 0 Å². The maximum atomic E-state index is 14.3.